The molecule has 0 saturated heterocycles. The van der Waals surface area contributed by atoms with Gasteiger partial charge < -0.3 is 4.74 Å². The summed E-state index contributed by atoms with van der Waals surface area (Å²) in [5, 5.41) is 8.15. The number of alkyl halides is 1. The SMILES string of the molecule is N#CCOC(=O)C1(F)CCCCC1. The summed E-state index contributed by atoms with van der Waals surface area (Å²) in [4.78, 5) is 11.1. The largest absolute Gasteiger partial charge is 0.448 e. The molecule has 0 heterocycles. The molecule has 1 rings (SSSR count). The first-order valence-corrected chi connectivity index (χ1v) is 4.42. The molecule has 0 unspecified atom stereocenters. The van der Waals surface area contributed by atoms with Crippen LogP contribution >= 0.6 is 0 Å². The van der Waals surface area contributed by atoms with Gasteiger partial charge in [0.2, 0.25) is 5.67 Å². The van der Waals surface area contributed by atoms with E-state index in [1.54, 1.807) is 6.07 Å². The second kappa shape index (κ2) is 4.22. The Hall–Kier alpha value is -1.11. The molecule has 1 fully saturated rings. The fourth-order valence-electron chi connectivity index (χ4n) is 1.54. The maximum absolute atomic E-state index is 13.7. The number of nitrogens with zero attached hydrogens (tertiary/aromatic N) is 1. The fraction of sp³-hybridized carbons (Fsp3) is 0.778. The highest BCUT2D eigenvalue weighted by atomic mass is 19.1. The van der Waals surface area contributed by atoms with Crippen molar-refractivity contribution in [2.75, 3.05) is 6.61 Å². The minimum absolute atomic E-state index is 0.233. The second-order valence-electron chi connectivity index (χ2n) is 3.26. The Labute approximate surface area is 76.5 Å². The van der Waals surface area contributed by atoms with Crippen molar-refractivity contribution in [1.29, 1.82) is 5.26 Å². The van der Waals surface area contributed by atoms with Crippen molar-refractivity contribution in [2.24, 2.45) is 0 Å². The van der Waals surface area contributed by atoms with Crippen LogP contribution in [-0.4, -0.2) is 18.2 Å². The number of nitriles is 1. The Balaban J connectivity index is 2.47. The van der Waals surface area contributed by atoms with E-state index in [9.17, 15) is 9.18 Å². The van der Waals surface area contributed by atoms with Gasteiger partial charge in [0.15, 0.2) is 6.61 Å². The molecule has 1 saturated carbocycles. The molecular weight excluding hydrogens is 173 g/mol. The molecule has 0 radical (unpaired) electrons. The van der Waals surface area contributed by atoms with Crippen LogP contribution in [0.1, 0.15) is 32.1 Å². The second-order valence-corrected chi connectivity index (χ2v) is 3.26. The zero-order chi connectivity index (χ0) is 9.73. The number of carbonyl (C=O) groups excluding carboxylic acids is 1. The number of carbonyl (C=O) groups is 1. The maximum Gasteiger partial charge on any atom is 0.344 e. The lowest BCUT2D eigenvalue weighted by atomic mass is 9.86. The molecule has 0 aromatic rings. The van der Waals surface area contributed by atoms with E-state index in [1.807, 2.05) is 0 Å². The quantitative estimate of drug-likeness (QED) is 0.615. The van der Waals surface area contributed by atoms with Crippen molar-refractivity contribution in [3.05, 3.63) is 0 Å². The molecule has 0 N–H and O–H groups in total. The molecule has 0 spiro atoms. The highest BCUT2D eigenvalue weighted by Gasteiger charge is 2.41. The van der Waals surface area contributed by atoms with Crippen molar-refractivity contribution in [3.63, 3.8) is 0 Å². The van der Waals surface area contributed by atoms with E-state index >= 15 is 0 Å². The molecule has 0 aliphatic heterocycles. The smallest absolute Gasteiger partial charge is 0.344 e. The fourth-order valence-corrected chi connectivity index (χ4v) is 1.54. The van der Waals surface area contributed by atoms with Gasteiger partial charge in [0.1, 0.15) is 6.07 Å². The van der Waals surface area contributed by atoms with Crippen molar-refractivity contribution in [2.45, 2.75) is 37.8 Å². The first-order valence-electron chi connectivity index (χ1n) is 4.42. The van der Waals surface area contributed by atoms with Crippen LogP contribution in [0.3, 0.4) is 0 Å². The van der Waals surface area contributed by atoms with Crippen LogP contribution < -0.4 is 0 Å². The molecule has 0 aromatic carbocycles. The average Bonchev–Trinajstić information content (AvgIpc) is 2.15. The highest BCUT2D eigenvalue weighted by molar-refractivity contribution is 5.79. The summed E-state index contributed by atoms with van der Waals surface area (Å²) in [6.07, 6.45) is 2.88. The first-order chi connectivity index (χ1) is 6.19. The van der Waals surface area contributed by atoms with Crippen LogP contribution in [0.25, 0.3) is 0 Å². The van der Waals surface area contributed by atoms with Crippen LogP contribution in [0.4, 0.5) is 4.39 Å². The van der Waals surface area contributed by atoms with Crippen LogP contribution in [0.15, 0.2) is 0 Å². The van der Waals surface area contributed by atoms with Crippen LogP contribution in [0.2, 0.25) is 0 Å². The van der Waals surface area contributed by atoms with Gasteiger partial charge in [-0.15, -0.1) is 0 Å². The van der Waals surface area contributed by atoms with E-state index in [4.69, 9.17) is 5.26 Å². The lowest BCUT2D eigenvalue weighted by molar-refractivity contribution is -0.158. The number of rotatable bonds is 2. The molecule has 0 amide bonds. The van der Waals surface area contributed by atoms with E-state index < -0.39 is 11.6 Å². The molecular formula is C9H12FNO2. The number of ether oxygens (including phenoxy) is 1. The van der Waals surface area contributed by atoms with Gasteiger partial charge in [-0.1, -0.05) is 6.42 Å². The Bertz CT molecular complexity index is 228. The molecule has 0 aromatic heterocycles. The molecule has 0 bridgehead atoms. The Morgan fingerprint density at radius 2 is 2.08 bits per heavy atom. The minimum Gasteiger partial charge on any atom is -0.448 e. The number of esters is 1. The van der Waals surface area contributed by atoms with E-state index in [0.29, 0.717) is 0 Å². The lowest BCUT2D eigenvalue weighted by Gasteiger charge is -2.26. The summed E-state index contributed by atoms with van der Waals surface area (Å²) >= 11 is 0. The predicted molar refractivity (Wildman–Crippen MR) is 43.5 cm³/mol. The van der Waals surface area contributed by atoms with Crippen molar-refractivity contribution < 1.29 is 13.9 Å². The van der Waals surface area contributed by atoms with Gasteiger partial charge in [-0.3, -0.25) is 0 Å². The highest BCUT2D eigenvalue weighted by Crippen LogP contribution is 2.32. The third kappa shape index (κ3) is 2.41. The van der Waals surface area contributed by atoms with Crippen molar-refractivity contribution in [1.82, 2.24) is 0 Å². The zero-order valence-electron chi connectivity index (χ0n) is 7.38. The van der Waals surface area contributed by atoms with Gasteiger partial charge in [-0.2, -0.15) is 5.26 Å². The van der Waals surface area contributed by atoms with Gasteiger partial charge in [-0.05, 0) is 25.7 Å². The van der Waals surface area contributed by atoms with Crippen molar-refractivity contribution >= 4 is 5.97 Å². The summed E-state index contributed by atoms with van der Waals surface area (Å²) in [6.45, 7) is -0.357. The van der Waals surface area contributed by atoms with Crippen LogP contribution in [0.5, 0.6) is 0 Å². The van der Waals surface area contributed by atoms with Gasteiger partial charge in [0.05, 0.1) is 0 Å². The molecule has 1 aliphatic carbocycles. The summed E-state index contributed by atoms with van der Waals surface area (Å²) in [7, 11) is 0. The van der Waals surface area contributed by atoms with Crippen molar-refractivity contribution in [3.8, 4) is 6.07 Å². The zero-order valence-corrected chi connectivity index (χ0v) is 7.38. The van der Waals surface area contributed by atoms with Gasteiger partial charge in [0.25, 0.3) is 0 Å². The minimum atomic E-state index is -1.82. The lowest BCUT2D eigenvalue weighted by Crippen LogP contribution is -2.37. The molecule has 3 nitrogen and oxygen atoms in total. The van der Waals surface area contributed by atoms with E-state index in [2.05, 4.69) is 4.74 Å². The summed E-state index contributed by atoms with van der Waals surface area (Å²) in [5.41, 5.74) is -1.82. The maximum atomic E-state index is 13.7. The monoisotopic (exact) mass is 185 g/mol. The molecule has 13 heavy (non-hydrogen) atoms. The third-order valence-electron chi connectivity index (χ3n) is 2.28. The Kier molecular flexibility index (Phi) is 3.24. The molecule has 1 aliphatic rings. The summed E-state index contributed by atoms with van der Waals surface area (Å²) in [6, 6.07) is 1.65. The van der Waals surface area contributed by atoms with Crippen LogP contribution in [0, 0.1) is 11.3 Å². The molecule has 4 heteroatoms. The van der Waals surface area contributed by atoms with Gasteiger partial charge in [-0.25, -0.2) is 9.18 Å². The topological polar surface area (TPSA) is 50.1 Å². The number of halogens is 1. The predicted octanol–water partition coefficient (Wildman–Crippen LogP) is 1.73. The Morgan fingerprint density at radius 3 is 2.62 bits per heavy atom. The molecule has 0 atom stereocenters. The first kappa shape index (κ1) is 9.97. The number of hydrogen-bond acceptors (Lipinski definition) is 3. The average molecular weight is 185 g/mol. The standard InChI is InChI=1S/C9H12FNO2/c10-9(4-2-1-3-5-9)8(12)13-7-6-11/h1-5,7H2. The van der Waals surface area contributed by atoms with E-state index in [1.165, 1.54) is 0 Å². The van der Waals surface area contributed by atoms with E-state index in [0.717, 1.165) is 19.3 Å². The third-order valence-corrected chi connectivity index (χ3v) is 2.28. The Morgan fingerprint density at radius 1 is 1.46 bits per heavy atom. The van der Waals surface area contributed by atoms with E-state index in [-0.39, 0.29) is 19.4 Å². The van der Waals surface area contributed by atoms with Gasteiger partial charge >= 0.3 is 5.97 Å². The summed E-state index contributed by atoms with van der Waals surface area (Å²) in [5.74, 6) is -0.867. The van der Waals surface area contributed by atoms with Gasteiger partial charge in [0, 0.05) is 0 Å². The normalized spacial score (nSPS) is 20.3. The molecule has 72 valence electrons. The summed E-state index contributed by atoms with van der Waals surface area (Å²) < 4.78 is 18.2. The number of hydrogen-bond donors (Lipinski definition) is 0. The van der Waals surface area contributed by atoms with Crippen LogP contribution in [-0.2, 0) is 9.53 Å².